The van der Waals surface area contributed by atoms with Crippen LogP contribution in [-0.4, -0.2) is 66.0 Å². The second-order valence-electron chi connectivity index (χ2n) is 7.78. The second kappa shape index (κ2) is 10.1. The number of hydrogen-bond donors (Lipinski definition) is 1. The molecule has 1 amide bonds. The monoisotopic (exact) mass is 452 g/mol. The van der Waals surface area contributed by atoms with Crippen molar-refractivity contribution in [2.24, 2.45) is 0 Å². The summed E-state index contributed by atoms with van der Waals surface area (Å²) in [7, 11) is 0. The minimum absolute atomic E-state index is 0.0754. The smallest absolute Gasteiger partial charge is 0.290 e. The molecule has 32 heavy (non-hydrogen) atoms. The van der Waals surface area contributed by atoms with Gasteiger partial charge in [0.25, 0.3) is 5.91 Å². The number of morpholine rings is 1. The van der Waals surface area contributed by atoms with Gasteiger partial charge in [-0.2, -0.15) is 0 Å². The van der Waals surface area contributed by atoms with Crippen molar-refractivity contribution >= 4 is 29.4 Å². The van der Waals surface area contributed by atoms with Gasteiger partial charge in [0.15, 0.2) is 11.5 Å². The van der Waals surface area contributed by atoms with E-state index in [2.05, 4.69) is 4.90 Å². The Morgan fingerprint density at radius 3 is 2.56 bits per heavy atom. The van der Waals surface area contributed by atoms with Crippen LogP contribution in [0.1, 0.15) is 17.2 Å². The molecule has 2 aromatic carbocycles. The average molecular weight is 453 g/mol. The lowest BCUT2D eigenvalue weighted by Crippen LogP contribution is -2.43. The van der Waals surface area contributed by atoms with E-state index < -0.39 is 23.5 Å². The van der Waals surface area contributed by atoms with Crippen molar-refractivity contribution in [3.8, 4) is 0 Å². The Labute approximate surface area is 192 Å². The van der Waals surface area contributed by atoms with Crippen molar-refractivity contribution in [2.75, 3.05) is 39.4 Å². The molecule has 0 spiro atoms. The molecule has 0 radical (unpaired) electrons. The molecule has 4 rings (SSSR count). The molecule has 7 heteroatoms. The van der Waals surface area contributed by atoms with Gasteiger partial charge in [-0.3, -0.25) is 14.5 Å². The number of nitrogens with zero attached hydrogens (tertiary/aromatic N) is 2. The first kappa shape index (κ1) is 22.3. The fourth-order valence-corrected chi connectivity index (χ4v) is 4.26. The standard InChI is InChI=1S/C25H25ClN2O4/c26-20-8-4-7-19(17-20)23-22(21(29)10-9-18-5-2-1-3-6-18)24(30)25(31)28(23)12-11-27-13-15-32-16-14-27/h1-10,17,23,30H,11-16H2. The van der Waals surface area contributed by atoms with E-state index in [9.17, 15) is 14.7 Å². The summed E-state index contributed by atoms with van der Waals surface area (Å²) in [6.07, 6.45) is 3.08. The predicted molar refractivity (Wildman–Crippen MR) is 123 cm³/mol. The molecule has 6 nitrogen and oxygen atoms in total. The summed E-state index contributed by atoms with van der Waals surface area (Å²) in [6.45, 7) is 3.89. The molecule has 2 aromatic rings. The first-order valence-corrected chi connectivity index (χ1v) is 11.0. The molecule has 0 saturated carbocycles. The van der Waals surface area contributed by atoms with E-state index in [0.717, 1.165) is 18.7 Å². The highest BCUT2D eigenvalue weighted by Crippen LogP contribution is 2.38. The van der Waals surface area contributed by atoms with Crippen LogP contribution >= 0.6 is 11.6 Å². The molecule has 2 aliphatic heterocycles. The van der Waals surface area contributed by atoms with E-state index in [0.29, 0.717) is 36.9 Å². The molecule has 0 aliphatic carbocycles. The van der Waals surface area contributed by atoms with Gasteiger partial charge in [0.1, 0.15) is 0 Å². The fraction of sp³-hybridized carbons (Fsp3) is 0.280. The first-order valence-electron chi connectivity index (χ1n) is 10.6. The highest BCUT2D eigenvalue weighted by Gasteiger charge is 2.42. The number of allylic oxidation sites excluding steroid dienone is 1. The van der Waals surface area contributed by atoms with E-state index in [1.54, 1.807) is 29.2 Å². The lowest BCUT2D eigenvalue weighted by atomic mass is 9.95. The second-order valence-corrected chi connectivity index (χ2v) is 8.22. The summed E-state index contributed by atoms with van der Waals surface area (Å²) in [4.78, 5) is 29.9. The Morgan fingerprint density at radius 2 is 1.84 bits per heavy atom. The van der Waals surface area contributed by atoms with Gasteiger partial charge in [-0.15, -0.1) is 0 Å². The number of ether oxygens (including phenoxy) is 1. The van der Waals surface area contributed by atoms with Gasteiger partial charge in [-0.25, -0.2) is 0 Å². The van der Waals surface area contributed by atoms with Gasteiger partial charge in [0.05, 0.1) is 24.8 Å². The van der Waals surface area contributed by atoms with Crippen LogP contribution in [0.25, 0.3) is 6.08 Å². The summed E-state index contributed by atoms with van der Waals surface area (Å²) in [6, 6.07) is 15.8. The number of carbonyl (C=O) groups excluding carboxylic acids is 2. The Morgan fingerprint density at radius 1 is 1.09 bits per heavy atom. The van der Waals surface area contributed by atoms with Crippen molar-refractivity contribution in [1.29, 1.82) is 0 Å². The minimum Gasteiger partial charge on any atom is -0.503 e. The lowest BCUT2D eigenvalue weighted by molar-refractivity contribution is -0.129. The highest BCUT2D eigenvalue weighted by atomic mass is 35.5. The number of carbonyl (C=O) groups is 2. The molecule has 1 atom stereocenters. The molecule has 1 fully saturated rings. The van der Waals surface area contributed by atoms with Gasteiger partial charge >= 0.3 is 0 Å². The summed E-state index contributed by atoms with van der Waals surface area (Å²) in [5.74, 6) is -1.45. The van der Waals surface area contributed by atoms with Crippen molar-refractivity contribution in [2.45, 2.75) is 6.04 Å². The third-order valence-electron chi connectivity index (χ3n) is 5.72. The van der Waals surface area contributed by atoms with E-state index in [1.165, 1.54) is 6.08 Å². The van der Waals surface area contributed by atoms with E-state index in [1.807, 2.05) is 36.4 Å². The van der Waals surface area contributed by atoms with Crippen LogP contribution in [0.2, 0.25) is 5.02 Å². The Kier molecular flexibility index (Phi) is 7.05. The molecule has 2 aliphatic rings. The van der Waals surface area contributed by atoms with Crippen LogP contribution in [0, 0.1) is 0 Å². The molecule has 1 unspecified atom stereocenters. The number of aliphatic hydroxyl groups excluding tert-OH is 1. The van der Waals surface area contributed by atoms with Crippen LogP contribution in [0.3, 0.4) is 0 Å². The zero-order chi connectivity index (χ0) is 22.5. The van der Waals surface area contributed by atoms with E-state index in [4.69, 9.17) is 16.3 Å². The Bertz CT molecular complexity index is 1040. The van der Waals surface area contributed by atoms with E-state index in [-0.39, 0.29) is 5.57 Å². The number of amides is 1. The maximum Gasteiger partial charge on any atom is 0.290 e. The van der Waals surface area contributed by atoms with Gasteiger partial charge in [-0.05, 0) is 29.3 Å². The van der Waals surface area contributed by atoms with Crippen molar-refractivity contribution in [3.63, 3.8) is 0 Å². The largest absolute Gasteiger partial charge is 0.503 e. The third kappa shape index (κ3) is 4.93. The maximum absolute atomic E-state index is 13.2. The summed E-state index contributed by atoms with van der Waals surface area (Å²) in [5.41, 5.74) is 1.62. The predicted octanol–water partition coefficient (Wildman–Crippen LogP) is 3.65. The Hall–Kier alpha value is -2.93. The zero-order valence-corrected chi connectivity index (χ0v) is 18.4. The van der Waals surface area contributed by atoms with Crippen molar-refractivity contribution in [1.82, 2.24) is 9.80 Å². The number of hydrogen-bond acceptors (Lipinski definition) is 5. The topological polar surface area (TPSA) is 70.1 Å². The average Bonchev–Trinajstić information content (AvgIpc) is 3.07. The van der Waals surface area contributed by atoms with Crippen LogP contribution in [-0.2, 0) is 14.3 Å². The first-order chi connectivity index (χ1) is 15.5. The molecule has 0 bridgehead atoms. The number of halogens is 1. The summed E-state index contributed by atoms with van der Waals surface area (Å²) < 4.78 is 5.39. The zero-order valence-electron chi connectivity index (χ0n) is 17.6. The summed E-state index contributed by atoms with van der Waals surface area (Å²) >= 11 is 6.21. The van der Waals surface area contributed by atoms with Crippen LogP contribution in [0.4, 0.5) is 0 Å². The lowest BCUT2D eigenvalue weighted by Gasteiger charge is -2.31. The van der Waals surface area contributed by atoms with Gasteiger partial charge in [0, 0.05) is 31.2 Å². The molecular weight excluding hydrogens is 428 g/mol. The van der Waals surface area contributed by atoms with Crippen LogP contribution in [0.15, 0.2) is 72.0 Å². The van der Waals surface area contributed by atoms with Gasteiger partial charge in [0.2, 0.25) is 0 Å². The molecule has 166 valence electrons. The summed E-state index contributed by atoms with van der Waals surface area (Å²) in [5, 5.41) is 11.2. The molecular formula is C25H25ClN2O4. The molecule has 1 saturated heterocycles. The van der Waals surface area contributed by atoms with Crippen LogP contribution in [0.5, 0.6) is 0 Å². The minimum atomic E-state index is -0.699. The highest BCUT2D eigenvalue weighted by molar-refractivity contribution is 6.30. The normalized spacial score (nSPS) is 19.8. The van der Waals surface area contributed by atoms with Gasteiger partial charge in [-0.1, -0.05) is 60.1 Å². The molecule has 2 heterocycles. The van der Waals surface area contributed by atoms with Crippen molar-refractivity contribution in [3.05, 3.63) is 88.2 Å². The quantitative estimate of drug-likeness (QED) is 0.649. The Balaban J connectivity index is 1.62. The van der Waals surface area contributed by atoms with Gasteiger partial charge < -0.3 is 14.7 Å². The SMILES string of the molecule is O=C(C=Cc1ccccc1)C1=C(O)C(=O)N(CCN2CCOCC2)C1c1cccc(Cl)c1. The number of ketones is 1. The number of benzene rings is 2. The molecule has 0 aromatic heterocycles. The maximum atomic E-state index is 13.2. The fourth-order valence-electron chi connectivity index (χ4n) is 4.06. The van der Waals surface area contributed by atoms with Crippen LogP contribution < -0.4 is 0 Å². The van der Waals surface area contributed by atoms with E-state index >= 15 is 0 Å². The number of aliphatic hydroxyl groups is 1. The number of rotatable bonds is 7. The molecule has 1 N–H and O–H groups in total. The third-order valence-corrected chi connectivity index (χ3v) is 5.96. The van der Waals surface area contributed by atoms with Crippen molar-refractivity contribution < 1.29 is 19.4 Å².